The number of alkyl carbamates (subject to hydrolysis) is 2. The predicted molar refractivity (Wildman–Crippen MR) is 192 cm³/mol. The number of benzene rings is 5. The molecule has 50 heavy (non-hydrogen) atoms. The zero-order chi connectivity index (χ0) is 34.4. The van der Waals surface area contributed by atoms with Crippen molar-refractivity contribution >= 4 is 18.1 Å². The van der Waals surface area contributed by atoms with Gasteiger partial charge in [-0.2, -0.15) is 0 Å². The Bertz CT molecular complexity index is 1830. The van der Waals surface area contributed by atoms with Gasteiger partial charge in [-0.05, 0) is 27.8 Å². The maximum atomic E-state index is 12.7. The Morgan fingerprint density at radius 3 is 1.42 bits per heavy atom. The zero-order valence-electron chi connectivity index (χ0n) is 27.4. The second-order valence-corrected chi connectivity index (χ2v) is 11.4. The lowest BCUT2D eigenvalue weighted by atomic mass is 9.77. The van der Waals surface area contributed by atoms with E-state index >= 15 is 0 Å². The van der Waals surface area contributed by atoms with Crippen LogP contribution < -0.4 is 10.6 Å². The van der Waals surface area contributed by atoms with Gasteiger partial charge in [-0.3, -0.25) is 15.6 Å². The Labute approximate surface area is 291 Å². The molecule has 0 aliphatic carbocycles. The summed E-state index contributed by atoms with van der Waals surface area (Å²) >= 11 is 0. The van der Waals surface area contributed by atoms with E-state index in [0.29, 0.717) is 6.42 Å². The topological polar surface area (TPSA) is 107 Å². The van der Waals surface area contributed by atoms with Crippen molar-refractivity contribution in [3.63, 3.8) is 0 Å². The molecule has 0 saturated carbocycles. The number of nitrogens with zero attached hydrogens (tertiary/aromatic N) is 3. The second-order valence-electron chi connectivity index (χ2n) is 11.4. The molecule has 0 aliphatic rings. The van der Waals surface area contributed by atoms with Crippen LogP contribution in [0.3, 0.4) is 0 Å². The van der Waals surface area contributed by atoms with E-state index in [9.17, 15) is 9.59 Å². The number of carbonyl (C=O) groups is 2. The van der Waals surface area contributed by atoms with Gasteiger partial charge < -0.3 is 14.0 Å². The number of nitrogens with one attached hydrogen (secondary N) is 2. The normalized spacial score (nSPS) is 10.9. The van der Waals surface area contributed by atoms with Crippen LogP contribution in [0.25, 0.3) is 0 Å². The molecule has 6 aromatic rings. The predicted octanol–water partition coefficient (Wildman–Crippen LogP) is 7.47. The van der Waals surface area contributed by atoms with E-state index in [1.807, 2.05) is 128 Å². The van der Waals surface area contributed by atoms with E-state index in [1.54, 1.807) is 0 Å². The molecule has 6 rings (SSSR count). The number of imidazole rings is 1. The fourth-order valence-corrected chi connectivity index (χ4v) is 5.77. The second kappa shape index (κ2) is 16.6. The summed E-state index contributed by atoms with van der Waals surface area (Å²) in [5.41, 5.74) is 4.97. The van der Waals surface area contributed by atoms with E-state index in [-0.39, 0.29) is 25.7 Å². The Kier molecular flexibility index (Phi) is 11.1. The van der Waals surface area contributed by atoms with Crippen LogP contribution in [-0.4, -0.2) is 34.2 Å². The van der Waals surface area contributed by atoms with Gasteiger partial charge in [0.05, 0.1) is 12.0 Å². The highest BCUT2D eigenvalue weighted by Crippen LogP contribution is 2.40. The largest absolute Gasteiger partial charge is 0.444 e. The number of guanidine groups is 1. The molecule has 0 radical (unpaired) electrons. The smallest absolute Gasteiger partial charge is 0.414 e. The van der Waals surface area contributed by atoms with Crippen molar-refractivity contribution in [2.45, 2.75) is 25.2 Å². The Morgan fingerprint density at radius 2 is 1.00 bits per heavy atom. The molecule has 250 valence electrons. The molecule has 9 nitrogen and oxygen atoms in total. The molecule has 0 bridgehead atoms. The first-order valence-corrected chi connectivity index (χ1v) is 16.3. The van der Waals surface area contributed by atoms with Gasteiger partial charge in [0, 0.05) is 19.2 Å². The van der Waals surface area contributed by atoms with Crippen LogP contribution in [0.1, 0.15) is 33.5 Å². The summed E-state index contributed by atoms with van der Waals surface area (Å²) < 4.78 is 12.9. The van der Waals surface area contributed by atoms with Gasteiger partial charge in [-0.1, -0.05) is 152 Å². The summed E-state index contributed by atoms with van der Waals surface area (Å²) in [7, 11) is 0. The number of aromatic nitrogens is 2. The van der Waals surface area contributed by atoms with Crippen molar-refractivity contribution in [3.05, 3.63) is 198 Å². The summed E-state index contributed by atoms with van der Waals surface area (Å²) in [4.78, 5) is 34.7. The van der Waals surface area contributed by atoms with Crippen LogP contribution in [0.15, 0.2) is 169 Å². The summed E-state index contributed by atoms with van der Waals surface area (Å²) in [6, 6.07) is 49.6. The minimum Gasteiger partial charge on any atom is -0.444 e. The first-order valence-electron chi connectivity index (χ1n) is 16.3. The highest BCUT2D eigenvalue weighted by Gasteiger charge is 2.38. The standard InChI is InChI=1S/C41H37N5O4/c47-39(49-29-32-16-6-1-7-17-32)44-38(45-40(48)50-30-33-18-8-2-9-19-33)42-27-26-37-28-46(31-43-37)41(34-20-10-3-11-21-34,35-22-12-4-13-23-35)36-24-14-5-15-25-36/h1-25,28,31H,26-27,29-30H2,(H2,42,44,45,47,48). The van der Waals surface area contributed by atoms with Gasteiger partial charge >= 0.3 is 12.2 Å². The summed E-state index contributed by atoms with van der Waals surface area (Å²) in [6.45, 7) is 0.322. The summed E-state index contributed by atoms with van der Waals surface area (Å²) in [6.07, 6.45) is 2.75. The van der Waals surface area contributed by atoms with Crippen LogP contribution in [0.5, 0.6) is 0 Å². The first-order chi connectivity index (χ1) is 24.6. The molecule has 9 heteroatoms. The van der Waals surface area contributed by atoms with E-state index < -0.39 is 17.7 Å². The van der Waals surface area contributed by atoms with Gasteiger partial charge in [-0.15, -0.1) is 0 Å². The van der Waals surface area contributed by atoms with Crippen molar-refractivity contribution in [3.8, 4) is 0 Å². The molecule has 5 aromatic carbocycles. The van der Waals surface area contributed by atoms with Gasteiger partial charge in [0.15, 0.2) is 0 Å². The first kappa shape index (κ1) is 33.4. The monoisotopic (exact) mass is 663 g/mol. The molecule has 1 heterocycles. The van der Waals surface area contributed by atoms with E-state index in [4.69, 9.17) is 14.5 Å². The van der Waals surface area contributed by atoms with Gasteiger partial charge in [-0.25, -0.2) is 14.6 Å². The van der Waals surface area contributed by atoms with Crippen LogP contribution >= 0.6 is 0 Å². The average Bonchev–Trinajstić information content (AvgIpc) is 3.64. The molecule has 0 saturated heterocycles. The third-order valence-corrected chi connectivity index (χ3v) is 8.10. The third-order valence-electron chi connectivity index (χ3n) is 8.10. The van der Waals surface area contributed by atoms with Crippen molar-refractivity contribution in [1.29, 1.82) is 0 Å². The average molecular weight is 664 g/mol. The van der Waals surface area contributed by atoms with Crippen LogP contribution in [0.4, 0.5) is 9.59 Å². The maximum Gasteiger partial charge on any atom is 0.414 e. The lowest BCUT2D eigenvalue weighted by Crippen LogP contribution is -2.44. The van der Waals surface area contributed by atoms with Crippen LogP contribution in [-0.2, 0) is 34.6 Å². The van der Waals surface area contributed by atoms with Gasteiger partial charge in [0.2, 0.25) is 5.96 Å². The Balaban J connectivity index is 1.22. The highest BCUT2D eigenvalue weighted by atomic mass is 16.6. The van der Waals surface area contributed by atoms with Gasteiger partial charge in [0.1, 0.15) is 18.8 Å². The molecule has 0 atom stereocenters. The number of ether oxygens (including phenoxy) is 2. The Morgan fingerprint density at radius 1 is 0.600 bits per heavy atom. The van der Waals surface area contributed by atoms with Gasteiger partial charge in [0.25, 0.3) is 0 Å². The zero-order valence-corrected chi connectivity index (χ0v) is 27.4. The number of rotatable bonds is 11. The van der Waals surface area contributed by atoms with E-state index in [1.165, 1.54) is 0 Å². The lowest BCUT2D eigenvalue weighted by Gasteiger charge is -2.37. The molecular formula is C41H37N5O4. The SMILES string of the molecule is O=C(NC(=NCCc1cn(C(c2ccccc2)(c2ccccc2)c2ccccc2)cn1)NC(=O)OCc1ccccc1)OCc1ccccc1. The Hall–Kier alpha value is -6.48. The fraction of sp³-hybridized carbons (Fsp3) is 0.122. The minimum atomic E-state index is -0.765. The molecule has 0 unspecified atom stereocenters. The van der Waals surface area contributed by atoms with Crippen molar-refractivity contribution in [2.24, 2.45) is 4.99 Å². The summed E-state index contributed by atoms with van der Waals surface area (Å²) in [5, 5.41) is 5.10. The molecule has 2 N–H and O–H groups in total. The quantitative estimate of drug-likeness (QED) is 0.0850. The van der Waals surface area contributed by atoms with Crippen molar-refractivity contribution in [1.82, 2.24) is 20.2 Å². The summed E-state index contributed by atoms with van der Waals surface area (Å²) in [5.74, 6) is -0.0900. The maximum absolute atomic E-state index is 12.7. The molecule has 0 aliphatic heterocycles. The lowest BCUT2D eigenvalue weighted by molar-refractivity contribution is 0.141. The number of carbonyl (C=O) groups excluding carboxylic acids is 2. The van der Waals surface area contributed by atoms with Crippen LogP contribution in [0.2, 0.25) is 0 Å². The molecule has 1 aromatic heterocycles. The van der Waals surface area contributed by atoms with E-state index in [0.717, 1.165) is 33.5 Å². The van der Waals surface area contributed by atoms with E-state index in [2.05, 4.69) is 56.6 Å². The molecule has 0 spiro atoms. The minimum absolute atomic E-state index is 0.0574. The number of aliphatic imine (C=N–C) groups is 1. The molecular weight excluding hydrogens is 626 g/mol. The highest BCUT2D eigenvalue weighted by molar-refractivity contribution is 6.01. The fourth-order valence-electron chi connectivity index (χ4n) is 5.77. The van der Waals surface area contributed by atoms with Crippen molar-refractivity contribution in [2.75, 3.05) is 6.54 Å². The van der Waals surface area contributed by atoms with Crippen molar-refractivity contribution < 1.29 is 19.1 Å². The molecule has 2 amide bonds. The van der Waals surface area contributed by atoms with Crippen LogP contribution in [0, 0.1) is 0 Å². The number of amides is 2. The number of hydrogen-bond acceptors (Lipinski definition) is 6. The third kappa shape index (κ3) is 8.32. The molecule has 0 fully saturated rings. The number of hydrogen-bond donors (Lipinski definition) is 2.